The molecule has 124 valence electrons. The number of halogens is 2. The number of benzene rings is 1. The summed E-state index contributed by atoms with van der Waals surface area (Å²) in [5.74, 6) is -0.112. The standard InChI is InChI=1S/C15H13FIN5O2/c16-11-7-9(17)1-2-12(11)20-13-8-18-4-3-10(13)14-21-22-15(24-14)19-5-6-23/h1-4,7-8,20,23H,5-6H2,(H,19,22). The van der Waals surface area contributed by atoms with Gasteiger partial charge in [0.25, 0.3) is 5.89 Å². The molecule has 0 saturated heterocycles. The molecule has 3 aromatic rings. The summed E-state index contributed by atoms with van der Waals surface area (Å²) in [5.41, 5.74) is 1.45. The van der Waals surface area contributed by atoms with E-state index >= 15 is 0 Å². The van der Waals surface area contributed by atoms with E-state index in [1.165, 1.54) is 6.07 Å². The first-order chi connectivity index (χ1) is 11.7. The van der Waals surface area contributed by atoms with Gasteiger partial charge in [-0.15, -0.1) is 5.10 Å². The highest BCUT2D eigenvalue weighted by atomic mass is 127. The average Bonchev–Trinajstić information content (AvgIpc) is 3.05. The summed E-state index contributed by atoms with van der Waals surface area (Å²) in [6, 6.07) is 6.77. The molecule has 7 nitrogen and oxygen atoms in total. The molecule has 9 heteroatoms. The number of aliphatic hydroxyl groups is 1. The van der Waals surface area contributed by atoms with Crippen LogP contribution in [0.2, 0.25) is 0 Å². The third kappa shape index (κ3) is 3.79. The van der Waals surface area contributed by atoms with Gasteiger partial charge in [0, 0.05) is 16.3 Å². The van der Waals surface area contributed by atoms with Gasteiger partial charge in [-0.1, -0.05) is 5.10 Å². The van der Waals surface area contributed by atoms with Crippen molar-refractivity contribution in [3.63, 3.8) is 0 Å². The molecule has 0 fully saturated rings. The minimum absolute atomic E-state index is 0.0497. The Morgan fingerprint density at radius 2 is 2.08 bits per heavy atom. The van der Waals surface area contributed by atoms with E-state index in [-0.39, 0.29) is 24.3 Å². The van der Waals surface area contributed by atoms with Crippen LogP contribution in [-0.2, 0) is 0 Å². The maximum absolute atomic E-state index is 14.0. The number of hydrogen-bond acceptors (Lipinski definition) is 7. The molecule has 2 aromatic heterocycles. The van der Waals surface area contributed by atoms with Gasteiger partial charge in [-0.25, -0.2) is 4.39 Å². The van der Waals surface area contributed by atoms with Crippen molar-refractivity contribution in [3.05, 3.63) is 46.0 Å². The second-order valence-corrected chi connectivity index (χ2v) is 5.98. The summed E-state index contributed by atoms with van der Waals surface area (Å²) in [6.07, 6.45) is 3.13. The van der Waals surface area contributed by atoms with E-state index in [1.54, 1.807) is 30.6 Å². The third-order valence-electron chi connectivity index (χ3n) is 3.06. The number of aromatic nitrogens is 3. The Kier molecular flexibility index (Phi) is 5.20. The molecule has 0 amide bonds. The zero-order valence-electron chi connectivity index (χ0n) is 12.3. The summed E-state index contributed by atoms with van der Waals surface area (Å²) >= 11 is 2.04. The van der Waals surface area contributed by atoms with Gasteiger partial charge in [-0.2, -0.15) is 0 Å². The Labute approximate surface area is 150 Å². The van der Waals surface area contributed by atoms with E-state index in [0.29, 0.717) is 23.5 Å². The van der Waals surface area contributed by atoms with Gasteiger partial charge in [-0.3, -0.25) is 4.98 Å². The molecule has 0 bridgehead atoms. The SMILES string of the molecule is OCCNc1nnc(-c2ccncc2Nc2ccc(I)cc2F)o1. The Morgan fingerprint density at radius 3 is 2.88 bits per heavy atom. The van der Waals surface area contributed by atoms with Gasteiger partial charge in [-0.05, 0) is 46.9 Å². The minimum Gasteiger partial charge on any atom is -0.403 e. The second-order valence-electron chi connectivity index (χ2n) is 4.73. The van der Waals surface area contributed by atoms with Crippen LogP contribution in [-0.4, -0.2) is 33.4 Å². The van der Waals surface area contributed by atoms with Crippen molar-refractivity contribution in [3.8, 4) is 11.5 Å². The molecule has 0 spiro atoms. The molecule has 0 radical (unpaired) electrons. The largest absolute Gasteiger partial charge is 0.403 e. The summed E-state index contributed by atoms with van der Waals surface area (Å²) in [6.45, 7) is 0.253. The maximum Gasteiger partial charge on any atom is 0.315 e. The smallest absolute Gasteiger partial charge is 0.315 e. The van der Waals surface area contributed by atoms with Crippen LogP contribution in [0, 0.1) is 9.39 Å². The summed E-state index contributed by atoms with van der Waals surface area (Å²) in [5, 5.41) is 22.4. The molecule has 0 aliphatic rings. The van der Waals surface area contributed by atoms with Crippen molar-refractivity contribution >= 4 is 40.0 Å². The molecule has 0 unspecified atom stereocenters. The number of hydrogen-bond donors (Lipinski definition) is 3. The topological polar surface area (TPSA) is 96.1 Å². The lowest BCUT2D eigenvalue weighted by atomic mass is 10.2. The highest BCUT2D eigenvalue weighted by Crippen LogP contribution is 2.30. The molecule has 24 heavy (non-hydrogen) atoms. The lowest BCUT2D eigenvalue weighted by Gasteiger charge is -2.10. The highest BCUT2D eigenvalue weighted by Gasteiger charge is 2.14. The molecular weight excluding hydrogens is 428 g/mol. The van der Waals surface area contributed by atoms with E-state index < -0.39 is 0 Å². The first kappa shape index (κ1) is 16.6. The fourth-order valence-corrected chi connectivity index (χ4v) is 2.44. The lowest BCUT2D eigenvalue weighted by Crippen LogP contribution is -2.05. The zero-order valence-corrected chi connectivity index (χ0v) is 14.5. The fourth-order valence-electron chi connectivity index (χ4n) is 1.98. The molecule has 3 N–H and O–H groups in total. The van der Waals surface area contributed by atoms with Gasteiger partial charge in [0.05, 0.1) is 29.7 Å². The van der Waals surface area contributed by atoms with E-state index in [2.05, 4.69) is 25.8 Å². The molecule has 3 rings (SSSR count). The van der Waals surface area contributed by atoms with Crippen LogP contribution in [0.5, 0.6) is 0 Å². The van der Waals surface area contributed by atoms with Crippen molar-refractivity contribution in [1.82, 2.24) is 15.2 Å². The molecule has 0 atom stereocenters. The fraction of sp³-hybridized carbons (Fsp3) is 0.133. The van der Waals surface area contributed by atoms with Crippen LogP contribution in [0.25, 0.3) is 11.5 Å². The highest BCUT2D eigenvalue weighted by molar-refractivity contribution is 14.1. The van der Waals surface area contributed by atoms with Crippen LogP contribution in [0.4, 0.5) is 21.8 Å². The van der Waals surface area contributed by atoms with E-state index in [4.69, 9.17) is 9.52 Å². The molecule has 1 aromatic carbocycles. The number of pyridine rings is 1. The predicted molar refractivity (Wildman–Crippen MR) is 95.5 cm³/mol. The minimum atomic E-state index is -0.368. The molecule has 0 aliphatic heterocycles. The molecule has 0 saturated carbocycles. The third-order valence-corrected chi connectivity index (χ3v) is 3.74. The summed E-state index contributed by atoms with van der Waals surface area (Å²) in [4.78, 5) is 4.05. The van der Waals surface area contributed by atoms with E-state index in [9.17, 15) is 4.39 Å². The summed E-state index contributed by atoms with van der Waals surface area (Å²) in [7, 11) is 0. The van der Waals surface area contributed by atoms with Gasteiger partial charge in [0.1, 0.15) is 5.82 Å². The van der Waals surface area contributed by atoms with Crippen LogP contribution in [0.1, 0.15) is 0 Å². The first-order valence-electron chi connectivity index (χ1n) is 7.02. The number of aliphatic hydroxyl groups excluding tert-OH is 1. The van der Waals surface area contributed by atoms with E-state index in [1.807, 2.05) is 22.6 Å². The monoisotopic (exact) mass is 441 g/mol. The maximum atomic E-state index is 14.0. The number of rotatable bonds is 6. The Hall–Kier alpha value is -2.27. The zero-order chi connectivity index (χ0) is 16.9. The molecule has 0 aliphatic carbocycles. The second kappa shape index (κ2) is 7.53. The quantitative estimate of drug-likeness (QED) is 0.507. The van der Waals surface area contributed by atoms with Gasteiger partial charge < -0.3 is 20.2 Å². The van der Waals surface area contributed by atoms with Crippen LogP contribution >= 0.6 is 22.6 Å². The Morgan fingerprint density at radius 1 is 1.21 bits per heavy atom. The molecule has 2 heterocycles. The van der Waals surface area contributed by atoms with Crippen LogP contribution < -0.4 is 10.6 Å². The van der Waals surface area contributed by atoms with Crippen molar-refractivity contribution in [2.45, 2.75) is 0 Å². The predicted octanol–water partition coefficient (Wildman–Crippen LogP) is 3.02. The normalized spacial score (nSPS) is 10.6. The first-order valence-corrected chi connectivity index (χ1v) is 8.10. The Balaban J connectivity index is 1.89. The van der Waals surface area contributed by atoms with E-state index in [0.717, 1.165) is 3.57 Å². The van der Waals surface area contributed by atoms with Gasteiger partial charge in [0.2, 0.25) is 0 Å². The summed E-state index contributed by atoms with van der Waals surface area (Å²) < 4.78 is 20.3. The van der Waals surface area contributed by atoms with Gasteiger partial charge >= 0.3 is 6.01 Å². The number of nitrogens with zero attached hydrogens (tertiary/aromatic N) is 3. The average molecular weight is 441 g/mol. The number of nitrogens with one attached hydrogen (secondary N) is 2. The van der Waals surface area contributed by atoms with Crippen molar-refractivity contribution in [2.75, 3.05) is 23.8 Å². The number of anilines is 3. The van der Waals surface area contributed by atoms with Crippen molar-refractivity contribution < 1.29 is 13.9 Å². The van der Waals surface area contributed by atoms with Crippen molar-refractivity contribution in [1.29, 1.82) is 0 Å². The lowest BCUT2D eigenvalue weighted by molar-refractivity contribution is 0.309. The van der Waals surface area contributed by atoms with Crippen LogP contribution in [0.15, 0.2) is 41.1 Å². The van der Waals surface area contributed by atoms with Crippen molar-refractivity contribution in [2.24, 2.45) is 0 Å². The molecular formula is C15H13FIN5O2. The Bertz CT molecular complexity index is 842. The van der Waals surface area contributed by atoms with Crippen LogP contribution in [0.3, 0.4) is 0 Å². The van der Waals surface area contributed by atoms with Gasteiger partial charge in [0.15, 0.2) is 0 Å².